The topological polar surface area (TPSA) is 46.0 Å². The molecule has 6 nitrogen and oxygen atoms in total. The van der Waals surface area contributed by atoms with E-state index in [1.807, 2.05) is 6.92 Å². The summed E-state index contributed by atoms with van der Waals surface area (Å²) in [7, 11) is 0. The number of carbonyl (C=O) groups is 1. The molecule has 3 atom stereocenters. The van der Waals surface area contributed by atoms with E-state index in [0.717, 1.165) is 95.2 Å². The van der Waals surface area contributed by atoms with Crippen molar-refractivity contribution < 1.29 is 9.53 Å². The van der Waals surface area contributed by atoms with Crippen LogP contribution in [0.1, 0.15) is 92.5 Å². The maximum atomic E-state index is 15.3. The van der Waals surface area contributed by atoms with Crippen LogP contribution < -0.4 is 10.7 Å². The van der Waals surface area contributed by atoms with Gasteiger partial charge in [0.05, 0.1) is 51.9 Å². The molecule has 0 saturated carbocycles. The molecular formula is C62H46N4O2. The van der Waals surface area contributed by atoms with Gasteiger partial charge in [0, 0.05) is 45.0 Å². The molecule has 0 spiro atoms. The van der Waals surface area contributed by atoms with Crippen LogP contribution in [0.5, 0.6) is 0 Å². The van der Waals surface area contributed by atoms with E-state index in [0.29, 0.717) is 0 Å². The van der Waals surface area contributed by atoms with E-state index < -0.39 is 6.17 Å². The predicted molar refractivity (Wildman–Crippen MR) is 269 cm³/mol. The molecule has 7 heterocycles. The fourth-order valence-electron chi connectivity index (χ4n) is 11.4. The molecule has 68 heavy (non-hydrogen) atoms. The van der Waals surface area contributed by atoms with Crippen LogP contribution in [0.3, 0.4) is 0 Å². The lowest BCUT2D eigenvalue weighted by molar-refractivity contribution is -0.148. The normalized spacial score (nSPS) is 16.8. The molecule has 0 N–H and O–H groups in total. The number of nitrogens with zero attached hydrogens (tertiary/aromatic N) is 4. The van der Waals surface area contributed by atoms with Gasteiger partial charge in [-0.1, -0.05) is 182 Å². The number of ether oxygens (including phenoxy) is 1. The SMILES string of the molecule is CCOC(=O)C1n2c3ccc2[C@H](c2ccccc2)c2ccc4n2C(c2ccccc2)=C(c2ccccc2)n2c(ccc2[C@@H]4c2ccccc2)C(c2ccccc2)=c2ccc(n21)=C3c1ccccc1. The van der Waals surface area contributed by atoms with Gasteiger partial charge < -0.3 is 23.0 Å². The van der Waals surface area contributed by atoms with Crippen molar-refractivity contribution in [3.8, 4) is 0 Å². The van der Waals surface area contributed by atoms with E-state index >= 15 is 4.79 Å². The van der Waals surface area contributed by atoms with E-state index in [2.05, 4.69) is 249 Å². The van der Waals surface area contributed by atoms with Crippen LogP contribution in [-0.2, 0) is 9.53 Å². The lowest BCUT2D eigenvalue weighted by Gasteiger charge is -2.33. The van der Waals surface area contributed by atoms with Gasteiger partial charge >= 0.3 is 5.97 Å². The van der Waals surface area contributed by atoms with Gasteiger partial charge in [0.1, 0.15) is 0 Å². The van der Waals surface area contributed by atoms with Crippen molar-refractivity contribution in [2.24, 2.45) is 0 Å². The van der Waals surface area contributed by atoms with Gasteiger partial charge in [-0.2, -0.15) is 0 Å². The summed E-state index contributed by atoms with van der Waals surface area (Å²) in [4.78, 5) is 15.3. The Kier molecular flexibility index (Phi) is 9.39. The molecule has 0 aliphatic carbocycles. The summed E-state index contributed by atoms with van der Waals surface area (Å²) in [5.74, 6) is -0.851. The molecule has 6 aromatic carbocycles. The van der Waals surface area contributed by atoms with Crippen LogP contribution in [0.2, 0.25) is 0 Å². The molecule has 4 aromatic heterocycles. The number of hydrogen-bond donors (Lipinski definition) is 0. The second kappa shape index (κ2) is 16.1. The van der Waals surface area contributed by atoms with Crippen molar-refractivity contribution in [3.05, 3.63) is 309 Å². The van der Waals surface area contributed by atoms with E-state index in [4.69, 9.17) is 4.74 Å². The minimum absolute atomic E-state index is 0.182. The average molecular weight is 879 g/mol. The number of rotatable bonds is 8. The van der Waals surface area contributed by atoms with Gasteiger partial charge in [0.25, 0.3) is 0 Å². The third-order valence-corrected chi connectivity index (χ3v) is 14.1. The summed E-state index contributed by atoms with van der Waals surface area (Å²) >= 11 is 0. The molecule has 3 aliphatic rings. The van der Waals surface area contributed by atoms with Crippen LogP contribution in [0.25, 0.3) is 22.5 Å². The Hall–Kier alpha value is -8.61. The van der Waals surface area contributed by atoms with Gasteiger partial charge in [0.15, 0.2) is 0 Å². The minimum atomic E-state index is -0.881. The molecule has 0 saturated heterocycles. The molecule has 0 amide bonds. The summed E-state index contributed by atoms with van der Waals surface area (Å²) in [6.45, 7) is 2.14. The number of carbonyl (C=O) groups excluding carboxylic acids is 1. The molecule has 0 fully saturated rings. The lowest BCUT2D eigenvalue weighted by atomic mass is 9.91. The maximum absolute atomic E-state index is 15.3. The highest BCUT2D eigenvalue weighted by atomic mass is 16.5. The average Bonchev–Trinajstić information content (AvgIpc) is 4.21. The fraction of sp³-hybridized carbons (Fsp3) is 0.0806. The number of benzene rings is 6. The highest BCUT2D eigenvalue weighted by Gasteiger charge is 2.41. The quantitative estimate of drug-likeness (QED) is 0.143. The molecule has 326 valence electrons. The first kappa shape index (κ1) is 39.7. The van der Waals surface area contributed by atoms with Crippen molar-refractivity contribution in [1.82, 2.24) is 18.3 Å². The Bertz CT molecular complexity index is 3690. The Morgan fingerprint density at radius 3 is 1.28 bits per heavy atom. The van der Waals surface area contributed by atoms with Crippen LogP contribution in [0, 0.1) is 0 Å². The Labute approximate surface area is 394 Å². The smallest absolute Gasteiger partial charge is 0.350 e. The van der Waals surface area contributed by atoms with Crippen molar-refractivity contribution >= 4 is 28.5 Å². The molecular weight excluding hydrogens is 833 g/mol. The van der Waals surface area contributed by atoms with Crippen molar-refractivity contribution in [2.75, 3.05) is 6.61 Å². The Morgan fingerprint density at radius 2 is 0.779 bits per heavy atom. The highest BCUT2D eigenvalue weighted by molar-refractivity contribution is 5.96. The van der Waals surface area contributed by atoms with Gasteiger partial charge in [-0.05, 0) is 77.7 Å². The summed E-state index contributed by atoms with van der Waals surface area (Å²) in [5, 5.41) is 1.86. The molecule has 13 rings (SSSR count). The Morgan fingerprint density at radius 1 is 0.397 bits per heavy atom. The monoisotopic (exact) mass is 878 g/mol. The van der Waals surface area contributed by atoms with E-state index in [1.54, 1.807) is 0 Å². The van der Waals surface area contributed by atoms with Crippen LogP contribution in [0.4, 0.5) is 0 Å². The Balaban J connectivity index is 1.33. The first-order valence-electron chi connectivity index (χ1n) is 23.5. The largest absolute Gasteiger partial charge is 0.463 e. The second-order valence-electron chi connectivity index (χ2n) is 17.7. The molecule has 10 aromatic rings. The first-order valence-corrected chi connectivity index (χ1v) is 23.5. The minimum Gasteiger partial charge on any atom is -0.463 e. The summed E-state index contributed by atoms with van der Waals surface area (Å²) < 4.78 is 15.9. The zero-order valence-corrected chi connectivity index (χ0v) is 37.5. The van der Waals surface area contributed by atoms with Gasteiger partial charge in [-0.15, -0.1) is 0 Å². The summed E-state index contributed by atoms with van der Waals surface area (Å²) in [6, 6.07) is 83.1. The highest BCUT2D eigenvalue weighted by Crippen LogP contribution is 2.49. The van der Waals surface area contributed by atoms with Gasteiger partial charge in [-0.25, -0.2) is 4.79 Å². The molecule has 8 bridgehead atoms. The third kappa shape index (κ3) is 6.00. The fourth-order valence-corrected chi connectivity index (χ4v) is 11.4. The van der Waals surface area contributed by atoms with Crippen LogP contribution >= 0.6 is 0 Å². The summed E-state index contributed by atoms with van der Waals surface area (Å²) in [6.07, 6.45) is -0.881. The molecule has 1 unspecified atom stereocenters. The first-order chi connectivity index (χ1) is 33.7. The molecule has 3 aliphatic heterocycles. The third-order valence-electron chi connectivity index (χ3n) is 14.1. The lowest BCUT2D eigenvalue weighted by Crippen LogP contribution is -2.46. The van der Waals surface area contributed by atoms with E-state index in [1.165, 1.54) is 5.56 Å². The molecule has 6 heteroatoms. The standard InChI is InChI=1S/C62H46N4O2/c1-2-68-62(67)61-65-51-37-39-53(65)58(44-27-15-6-16-28-44)54-40-38-52(66(54)61)57(43-25-13-5-14-26-43)50-36-34-48-55(41-21-9-3-10-22-41)47-33-35-49(56(51)42-23-11-4-12-24-42)63(47)59(45-29-17-7-18-30-45)60(64(48)50)46-31-19-8-20-32-46/h3-40,55-56,61H,2H2,1H3/t55-,56-,61?/m1/s1. The number of aromatic nitrogens is 4. The van der Waals surface area contributed by atoms with Crippen molar-refractivity contribution in [3.63, 3.8) is 0 Å². The zero-order valence-electron chi connectivity index (χ0n) is 37.5. The van der Waals surface area contributed by atoms with Crippen molar-refractivity contribution in [1.29, 1.82) is 0 Å². The van der Waals surface area contributed by atoms with E-state index in [-0.39, 0.29) is 24.4 Å². The molecule has 0 radical (unpaired) electrons. The van der Waals surface area contributed by atoms with Crippen LogP contribution in [0.15, 0.2) is 231 Å². The van der Waals surface area contributed by atoms with Gasteiger partial charge in [0.2, 0.25) is 6.17 Å². The number of esters is 1. The van der Waals surface area contributed by atoms with Crippen LogP contribution in [-0.4, -0.2) is 30.8 Å². The maximum Gasteiger partial charge on any atom is 0.350 e. The van der Waals surface area contributed by atoms with Crippen molar-refractivity contribution in [2.45, 2.75) is 24.9 Å². The second-order valence-corrected chi connectivity index (χ2v) is 17.7. The predicted octanol–water partition coefficient (Wildman–Crippen LogP) is 11.2. The summed E-state index contributed by atoms with van der Waals surface area (Å²) in [5.41, 5.74) is 17.1. The number of hydrogen-bond acceptors (Lipinski definition) is 2. The van der Waals surface area contributed by atoms with E-state index in [9.17, 15) is 0 Å². The zero-order chi connectivity index (χ0) is 45.3. The van der Waals surface area contributed by atoms with Gasteiger partial charge in [-0.3, -0.25) is 0 Å².